The molecule has 0 unspecified atom stereocenters. The summed E-state index contributed by atoms with van der Waals surface area (Å²) in [7, 11) is 0. The van der Waals surface area contributed by atoms with Crippen molar-refractivity contribution in [3.8, 4) is 5.75 Å². The molecule has 0 bridgehead atoms. The summed E-state index contributed by atoms with van der Waals surface area (Å²) in [6.45, 7) is 8.48. The molecule has 0 fully saturated rings. The number of hydrogen-bond acceptors (Lipinski definition) is 5. The number of nitrogens with one attached hydrogen (secondary N) is 3. The third-order valence-electron chi connectivity index (χ3n) is 4.71. The summed E-state index contributed by atoms with van der Waals surface area (Å²) in [5.74, 6) is 0.153. The number of halogens is 1. The monoisotopic (exact) mass is 517 g/mol. The Hall–Kier alpha value is -2.68. The maximum absolute atomic E-state index is 12.7. The minimum Gasteiger partial charge on any atom is -0.494 e. The third kappa shape index (κ3) is 6.68. The highest BCUT2D eigenvalue weighted by Gasteiger charge is 2.22. The van der Waals surface area contributed by atoms with Crippen molar-refractivity contribution in [3.63, 3.8) is 0 Å². The molecule has 0 spiro atoms. The summed E-state index contributed by atoms with van der Waals surface area (Å²) in [5, 5.41) is 9.95. The van der Waals surface area contributed by atoms with E-state index in [4.69, 9.17) is 28.6 Å². The van der Waals surface area contributed by atoms with Gasteiger partial charge in [0.25, 0.3) is 11.8 Å². The van der Waals surface area contributed by atoms with Crippen LogP contribution in [0.1, 0.15) is 60.6 Å². The number of unbranched alkanes of at least 4 members (excludes halogenated alkanes) is 1. The van der Waals surface area contributed by atoms with Crippen LogP contribution >= 0.6 is 35.2 Å². The van der Waals surface area contributed by atoms with Crippen molar-refractivity contribution in [2.45, 2.75) is 46.1 Å². The van der Waals surface area contributed by atoms with Gasteiger partial charge in [-0.05, 0) is 69.7 Å². The molecule has 0 aliphatic carbocycles. The van der Waals surface area contributed by atoms with Gasteiger partial charge in [0.2, 0.25) is 0 Å². The van der Waals surface area contributed by atoms with Gasteiger partial charge >= 0.3 is 0 Å². The molecule has 0 aliphatic heterocycles. The molecule has 6 nitrogen and oxygen atoms in total. The SMILES string of the molecule is CCCCOc1ccc(C(=O)NC(=S)Nc2cccc3c(Cl)c(C(=O)NC(C)(C)C)sc23)cc1. The summed E-state index contributed by atoms with van der Waals surface area (Å²) in [6, 6.07) is 12.4. The molecule has 3 rings (SSSR count). The molecule has 0 saturated heterocycles. The number of thiocarbonyl (C=S) groups is 1. The second-order valence-electron chi connectivity index (χ2n) is 8.77. The van der Waals surface area contributed by atoms with E-state index >= 15 is 0 Å². The average Bonchev–Trinajstić information content (AvgIpc) is 3.11. The Morgan fingerprint density at radius 1 is 1.09 bits per heavy atom. The van der Waals surface area contributed by atoms with Crippen molar-refractivity contribution >= 4 is 67.9 Å². The molecule has 1 heterocycles. The zero-order valence-electron chi connectivity index (χ0n) is 19.6. The highest BCUT2D eigenvalue weighted by atomic mass is 35.5. The van der Waals surface area contributed by atoms with Crippen LogP contribution in [0.2, 0.25) is 5.02 Å². The zero-order chi connectivity index (χ0) is 24.9. The van der Waals surface area contributed by atoms with Crippen molar-refractivity contribution in [2.24, 2.45) is 0 Å². The predicted octanol–water partition coefficient (Wildman–Crippen LogP) is 6.39. The summed E-state index contributed by atoms with van der Waals surface area (Å²) in [4.78, 5) is 25.7. The van der Waals surface area contributed by atoms with Gasteiger partial charge in [-0.15, -0.1) is 11.3 Å². The Kier molecular flexibility index (Phi) is 8.52. The molecule has 9 heteroatoms. The number of ether oxygens (including phenoxy) is 1. The fourth-order valence-corrected chi connectivity index (χ4v) is 4.77. The lowest BCUT2D eigenvalue weighted by Crippen LogP contribution is -2.40. The molecular weight excluding hydrogens is 490 g/mol. The van der Waals surface area contributed by atoms with Gasteiger partial charge in [-0.2, -0.15) is 0 Å². The fraction of sp³-hybridized carbons (Fsp3) is 0.320. The van der Waals surface area contributed by atoms with Crippen LogP contribution in [0.5, 0.6) is 5.75 Å². The summed E-state index contributed by atoms with van der Waals surface area (Å²) in [6.07, 6.45) is 2.04. The molecule has 3 aromatic rings. The van der Waals surface area contributed by atoms with Crippen LogP contribution in [0.25, 0.3) is 10.1 Å². The number of thiophene rings is 1. The Morgan fingerprint density at radius 2 is 1.79 bits per heavy atom. The van der Waals surface area contributed by atoms with E-state index in [0.29, 0.717) is 27.8 Å². The number of carbonyl (C=O) groups excluding carboxylic acids is 2. The predicted molar refractivity (Wildman–Crippen MR) is 145 cm³/mol. The Morgan fingerprint density at radius 3 is 2.44 bits per heavy atom. The van der Waals surface area contributed by atoms with Crippen LogP contribution in [0.4, 0.5) is 5.69 Å². The Labute approximate surface area is 214 Å². The normalized spacial score (nSPS) is 11.2. The van der Waals surface area contributed by atoms with Crippen LogP contribution in [0.15, 0.2) is 42.5 Å². The fourth-order valence-electron chi connectivity index (χ4n) is 3.10. The summed E-state index contributed by atoms with van der Waals surface area (Å²) >= 11 is 13.1. The van der Waals surface area contributed by atoms with Crippen LogP contribution < -0.4 is 20.7 Å². The van der Waals surface area contributed by atoms with Gasteiger partial charge in [-0.3, -0.25) is 14.9 Å². The standard InChI is InChI=1S/C25H28ClN3O3S2/c1-5-6-14-32-16-12-10-15(11-13-16)22(30)28-24(33)27-18-9-7-8-17-19(26)21(34-20(17)18)23(31)29-25(2,3)4/h7-13H,5-6,14H2,1-4H3,(H,29,31)(H2,27,28,30,33). The van der Waals surface area contributed by atoms with E-state index in [1.807, 2.05) is 39.0 Å². The largest absolute Gasteiger partial charge is 0.494 e. The topological polar surface area (TPSA) is 79.5 Å². The molecule has 180 valence electrons. The first-order valence-electron chi connectivity index (χ1n) is 11.0. The lowest BCUT2D eigenvalue weighted by Gasteiger charge is -2.19. The van der Waals surface area contributed by atoms with Crippen molar-refractivity contribution in [1.82, 2.24) is 10.6 Å². The number of carbonyl (C=O) groups is 2. The number of fused-ring (bicyclic) bond motifs is 1. The van der Waals surface area contributed by atoms with E-state index in [9.17, 15) is 9.59 Å². The van der Waals surface area contributed by atoms with Crippen LogP contribution in [-0.4, -0.2) is 29.1 Å². The molecule has 1 aromatic heterocycles. The Balaban J connectivity index is 1.70. The van der Waals surface area contributed by atoms with Crippen molar-refractivity contribution in [3.05, 3.63) is 57.9 Å². The lowest BCUT2D eigenvalue weighted by atomic mass is 10.1. The van der Waals surface area contributed by atoms with Gasteiger partial charge in [-0.25, -0.2) is 0 Å². The third-order valence-corrected chi connectivity index (χ3v) is 6.65. The molecule has 34 heavy (non-hydrogen) atoms. The van der Waals surface area contributed by atoms with Crippen molar-refractivity contribution in [1.29, 1.82) is 0 Å². The van der Waals surface area contributed by atoms with E-state index in [2.05, 4.69) is 22.9 Å². The van der Waals surface area contributed by atoms with E-state index < -0.39 is 0 Å². The van der Waals surface area contributed by atoms with Gasteiger partial charge < -0.3 is 15.4 Å². The highest BCUT2D eigenvalue weighted by Crippen LogP contribution is 2.39. The molecule has 0 atom stereocenters. The molecule has 2 aromatic carbocycles. The molecule has 0 saturated carbocycles. The highest BCUT2D eigenvalue weighted by molar-refractivity contribution is 7.80. The maximum Gasteiger partial charge on any atom is 0.263 e. The maximum atomic E-state index is 12.7. The quantitative estimate of drug-likeness (QED) is 0.250. The van der Waals surface area contributed by atoms with E-state index in [1.165, 1.54) is 11.3 Å². The Bertz CT molecular complexity index is 1200. The summed E-state index contributed by atoms with van der Waals surface area (Å²) in [5.41, 5.74) is 0.735. The van der Waals surface area contributed by atoms with Gasteiger partial charge in [0.15, 0.2) is 5.11 Å². The van der Waals surface area contributed by atoms with E-state index in [1.54, 1.807) is 24.3 Å². The molecule has 0 radical (unpaired) electrons. The molecule has 0 aliphatic rings. The van der Waals surface area contributed by atoms with Crippen molar-refractivity contribution < 1.29 is 14.3 Å². The van der Waals surface area contributed by atoms with Crippen molar-refractivity contribution in [2.75, 3.05) is 11.9 Å². The minimum absolute atomic E-state index is 0.144. The number of amides is 2. The number of benzene rings is 2. The number of rotatable bonds is 7. The number of anilines is 1. The smallest absolute Gasteiger partial charge is 0.263 e. The van der Waals surface area contributed by atoms with Crippen LogP contribution in [-0.2, 0) is 0 Å². The van der Waals surface area contributed by atoms with Gasteiger partial charge in [0, 0.05) is 16.5 Å². The van der Waals surface area contributed by atoms with E-state index in [0.717, 1.165) is 28.7 Å². The number of hydrogen-bond donors (Lipinski definition) is 3. The molecular formula is C25H28ClN3O3S2. The first-order chi connectivity index (χ1) is 16.1. The molecule has 3 N–H and O–H groups in total. The minimum atomic E-state index is -0.386. The summed E-state index contributed by atoms with van der Waals surface area (Å²) < 4.78 is 6.40. The van der Waals surface area contributed by atoms with E-state index in [-0.39, 0.29) is 22.5 Å². The van der Waals surface area contributed by atoms with Gasteiger partial charge in [-0.1, -0.05) is 37.1 Å². The molecule has 2 amide bonds. The zero-order valence-corrected chi connectivity index (χ0v) is 22.0. The van der Waals surface area contributed by atoms with Gasteiger partial charge in [0.05, 0.1) is 22.0 Å². The average molecular weight is 518 g/mol. The second-order valence-corrected chi connectivity index (χ2v) is 10.6. The van der Waals surface area contributed by atoms with Gasteiger partial charge in [0.1, 0.15) is 10.6 Å². The lowest BCUT2D eigenvalue weighted by molar-refractivity contribution is 0.0922. The second kappa shape index (κ2) is 11.2. The first kappa shape index (κ1) is 25.9. The van der Waals surface area contributed by atoms with Crippen LogP contribution in [0.3, 0.4) is 0 Å². The van der Waals surface area contributed by atoms with Crippen LogP contribution in [0, 0.1) is 0 Å². The first-order valence-corrected chi connectivity index (χ1v) is 12.6.